The number of halogens is 2. The highest BCUT2D eigenvalue weighted by Crippen LogP contribution is 2.65. The lowest BCUT2D eigenvalue weighted by molar-refractivity contribution is -0.213. The Hall–Kier alpha value is 0.690. The van der Waals surface area contributed by atoms with Crippen molar-refractivity contribution in [3.8, 4) is 0 Å². The minimum absolute atomic E-state index is 0.166. The van der Waals surface area contributed by atoms with Crippen LogP contribution < -0.4 is 0 Å². The van der Waals surface area contributed by atoms with Gasteiger partial charge in [0.05, 0.1) is 17.1 Å². The minimum atomic E-state index is -0.823. The van der Waals surface area contributed by atoms with Gasteiger partial charge in [-0.15, -0.1) is 11.6 Å². The van der Waals surface area contributed by atoms with Gasteiger partial charge >= 0.3 is 0 Å². The zero-order chi connectivity index (χ0) is 18.0. The number of hydrogen-bond acceptors (Lipinski definition) is 2. The van der Waals surface area contributed by atoms with E-state index < -0.39 is 5.60 Å². The molecule has 3 aliphatic rings. The number of alkyl halides is 2. The number of rotatable bonds is 1. The molecule has 2 saturated carbocycles. The van der Waals surface area contributed by atoms with Crippen LogP contribution in [0.25, 0.3) is 0 Å². The summed E-state index contributed by atoms with van der Waals surface area (Å²) in [5.41, 5.74) is -0.413. The van der Waals surface area contributed by atoms with E-state index in [4.69, 9.17) is 16.3 Å². The number of fused-ring (bicyclic) bond motifs is 3. The Bertz CT molecular complexity index is 494. The molecule has 0 aromatic heterocycles. The van der Waals surface area contributed by atoms with Gasteiger partial charge in [-0.25, -0.2) is 0 Å². The third-order valence-corrected chi connectivity index (χ3v) is 10.0. The molecule has 140 valence electrons. The Morgan fingerprint density at radius 1 is 1.00 bits per heavy atom. The third-order valence-electron chi connectivity index (χ3n) is 8.08. The second-order valence-electron chi connectivity index (χ2n) is 9.95. The first kappa shape index (κ1) is 19.5. The molecular weight excluding hydrogens is 388 g/mol. The molecule has 0 aromatic carbocycles. The average Bonchev–Trinajstić information content (AvgIpc) is 2.58. The topological polar surface area (TPSA) is 29.5 Å². The molecular formula is C20H34BrClO2. The summed E-state index contributed by atoms with van der Waals surface area (Å²) in [6.45, 7) is 11.6. The van der Waals surface area contributed by atoms with Crippen molar-refractivity contribution >= 4 is 27.5 Å². The predicted molar refractivity (Wildman–Crippen MR) is 104 cm³/mol. The monoisotopic (exact) mass is 420 g/mol. The van der Waals surface area contributed by atoms with Crippen LogP contribution in [0.5, 0.6) is 0 Å². The fourth-order valence-electron chi connectivity index (χ4n) is 6.50. The van der Waals surface area contributed by atoms with E-state index in [-0.39, 0.29) is 17.1 Å². The largest absolute Gasteiger partial charge is 0.387 e. The highest BCUT2D eigenvalue weighted by molar-refractivity contribution is 9.09. The molecule has 0 amide bonds. The zero-order valence-electron chi connectivity index (χ0n) is 15.9. The summed E-state index contributed by atoms with van der Waals surface area (Å²) < 4.78 is 6.58. The smallest absolute Gasteiger partial charge is 0.100 e. The molecule has 2 aliphatic carbocycles. The van der Waals surface area contributed by atoms with Gasteiger partial charge in [0.15, 0.2) is 0 Å². The van der Waals surface area contributed by atoms with Crippen molar-refractivity contribution in [2.75, 3.05) is 5.88 Å². The summed E-state index contributed by atoms with van der Waals surface area (Å²) in [7, 11) is 0. The van der Waals surface area contributed by atoms with Crippen molar-refractivity contribution < 1.29 is 9.84 Å². The van der Waals surface area contributed by atoms with E-state index in [1.54, 1.807) is 0 Å². The molecule has 7 atom stereocenters. The maximum absolute atomic E-state index is 10.9. The molecule has 24 heavy (non-hydrogen) atoms. The normalized spacial score (nSPS) is 54.5. The van der Waals surface area contributed by atoms with E-state index in [2.05, 4.69) is 43.6 Å². The first-order chi connectivity index (χ1) is 11.0. The Kier molecular flexibility index (Phi) is 4.95. The first-order valence-electron chi connectivity index (χ1n) is 9.57. The highest BCUT2D eigenvalue weighted by atomic mass is 79.9. The van der Waals surface area contributed by atoms with E-state index in [9.17, 15) is 5.11 Å². The lowest BCUT2D eigenvalue weighted by Gasteiger charge is -2.63. The number of aliphatic hydroxyl groups is 1. The van der Waals surface area contributed by atoms with Gasteiger partial charge in [0.25, 0.3) is 0 Å². The summed E-state index contributed by atoms with van der Waals surface area (Å²) in [4.78, 5) is 0.595. The molecule has 3 rings (SSSR count). The molecule has 7 unspecified atom stereocenters. The molecule has 1 N–H and O–H groups in total. The molecule has 3 fully saturated rings. The van der Waals surface area contributed by atoms with Gasteiger partial charge in [-0.3, -0.25) is 0 Å². The maximum atomic E-state index is 10.9. The van der Waals surface area contributed by atoms with Crippen molar-refractivity contribution in [3.05, 3.63) is 0 Å². The van der Waals surface area contributed by atoms with Crippen LogP contribution in [0, 0.1) is 22.7 Å². The Morgan fingerprint density at radius 2 is 1.62 bits per heavy atom. The summed E-state index contributed by atoms with van der Waals surface area (Å²) >= 11 is 10.1. The summed E-state index contributed by atoms with van der Waals surface area (Å²) in [6.07, 6.45) is 6.30. The lowest BCUT2D eigenvalue weighted by Crippen LogP contribution is -2.60. The van der Waals surface area contributed by atoms with Crippen molar-refractivity contribution in [3.63, 3.8) is 0 Å². The van der Waals surface area contributed by atoms with Crippen molar-refractivity contribution in [1.29, 1.82) is 0 Å². The highest BCUT2D eigenvalue weighted by Gasteiger charge is 2.62. The predicted octanol–water partition coefficient (Wildman–Crippen LogP) is 5.53. The number of ether oxygens (including phenoxy) is 1. The molecule has 0 bridgehead atoms. The van der Waals surface area contributed by atoms with Crippen LogP contribution >= 0.6 is 27.5 Å². The Labute approximate surface area is 161 Å². The van der Waals surface area contributed by atoms with Crippen LogP contribution in [-0.2, 0) is 4.74 Å². The van der Waals surface area contributed by atoms with Gasteiger partial charge in [0, 0.05) is 4.83 Å². The number of hydrogen-bond donors (Lipinski definition) is 1. The SMILES string of the molecule is CC1(O)CCC2C(C)(CCC3C(C)(C)C(Br)CCC23C)OC1CCl. The van der Waals surface area contributed by atoms with Crippen LogP contribution in [0.2, 0.25) is 0 Å². The summed E-state index contributed by atoms with van der Waals surface area (Å²) in [6, 6.07) is 0. The maximum Gasteiger partial charge on any atom is 0.100 e. The standard InChI is InChI=1S/C20H34BrClO2/c1-17(2)13-7-11-20(5)14(18(13,3)9-8-15(17)21)6-10-19(4,23)16(12-22)24-20/h13-16,23H,6-12H2,1-5H3. The van der Waals surface area contributed by atoms with Crippen molar-refractivity contribution in [1.82, 2.24) is 0 Å². The fourth-order valence-corrected chi connectivity index (χ4v) is 7.44. The van der Waals surface area contributed by atoms with E-state index in [0.29, 0.717) is 28.0 Å². The van der Waals surface area contributed by atoms with Gasteiger partial charge in [-0.05, 0) is 75.0 Å². The third kappa shape index (κ3) is 2.80. The van der Waals surface area contributed by atoms with E-state index >= 15 is 0 Å². The Balaban J connectivity index is 1.98. The molecule has 2 nitrogen and oxygen atoms in total. The molecule has 4 heteroatoms. The van der Waals surface area contributed by atoms with Gasteiger partial charge in [0.2, 0.25) is 0 Å². The van der Waals surface area contributed by atoms with E-state index in [1.165, 1.54) is 19.3 Å². The molecule has 0 spiro atoms. The molecule has 1 aliphatic heterocycles. The van der Waals surface area contributed by atoms with E-state index in [0.717, 1.165) is 19.3 Å². The summed E-state index contributed by atoms with van der Waals surface area (Å²) in [5, 5.41) is 10.9. The van der Waals surface area contributed by atoms with Crippen LogP contribution in [0.15, 0.2) is 0 Å². The fraction of sp³-hybridized carbons (Fsp3) is 1.00. The molecule has 0 aromatic rings. The van der Waals surface area contributed by atoms with Gasteiger partial charge in [-0.1, -0.05) is 36.7 Å². The van der Waals surface area contributed by atoms with Gasteiger partial charge in [-0.2, -0.15) is 0 Å². The zero-order valence-corrected chi connectivity index (χ0v) is 18.2. The summed E-state index contributed by atoms with van der Waals surface area (Å²) in [5.74, 6) is 1.55. The van der Waals surface area contributed by atoms with E-state index in [1.807, 2.05) is 6.92 Å². The van der Waals surface area contributed by atoms with Crippen LogP contribution in [-0.4, -0.2) is 33.1 Å². The quantitative estimate of drug-likeness (QED) is 0.564. The van der Waals surface area contributed by atoms with Gasteiger partial charge in [0.1, 0.15) is 6.10 Å². The van der Waals surface area contributed by atoms with Gasteiger partial charge < -0.3 is 9.84 Å². The van der Waals surface area contributed by atoms with Crippen molar-refractivity contribution in [2.24, 2.45) is 22.7 Å². The lowest BCUT2D eigenvalue weighted by atomic mass is 9.45. The van der Waals surface area contributed by atoms with Crippen molar-refractivity contribution in [2.45, 2.75) is 95.3 Å². The Morgan fingerprint density at radius 3 is 2.25 bits per heavy atom. The molecule has 0 radical (unpaired) electrons. The van der Waals surface area contributed by atoms with Crippen LogP contribution in [0.3, 0.4) is 0 Å². The minimum Gasteiger partial charge on any atom is -0.387 e. The van der Waals surface area contributed by atoms with Crippen LogP contribution in [0.4, 0.5) is 0 Å². The molecule has 1 saturated heterocycles. The second-order valence-corrected chi connectivity index (χ2v) is 11.4. The second kappa shape index (κ2) is 6.11. The first-order valence-corrected chi connectivity index (χ1v) is 11.0. The molecule has 1 heterocycles. The average molecular weight is 422 g/mol. The van der Waals surface area contributed by atoms with Crippen LogP contribution in [0.1, 0.15) is 73.1 Å².